The number of fused-ring (bicyclic) bond motifs is 4. The monoisotopic (exact) mass is 478 g/mol. The molecule has 0 saturated carbocycles. The highest BCUT2D eigenvalue weighted by molar-refractivity contribution is 7.98. The van der Waals surface area contributed by atoms with Gasteiger partial charge in [0.05, 0.1) is 34.8 Å². The fourth-order valence-electron chi connectivity index (χ4n) is 4.31. The van der Waals surface area contributed by atoms with E-state index in [2.05, 4.69) is 16.3 Å². The lowest BCUT2D eigenvalue weighted by atomic mass is 10.2. The number of hydrogen-bond acceptors (Lipinski definition) is 6. The van der Waals surface area contributed by atoms with Crippen LogP contribution in [0.25, 0.3) is 27.9 Å². The highest BCUT2D eigenvalue weighted by Crippen LogP contribution is 2.29. The first kappa shape index (κ1) is 21.0. The Morgan fingerprint density at radius 3 is 2.71 bits per heavy atom. The van der Waals surface area contributed by atoms with Crippen LogP contribution in [0, 0.1) is 11.3 Å². The molecule has 35 heavy (non-hydrogen) atoms. The number of rotatable bonds is 5. The van der Waals surface area contributed by atoms with Crippen molar-refractivity contribution in [2.45, 2.75) is 10.9 Å². The maximum atomic E-state index is 13.5. The van der Waals surface area contributed by atoms with E-state index in [9.17, 15) is 10.1 Å². The Morgan fingerprint density at radius 2 is 1.86 bits per heavy atom. The molecule has 6 rings (SSSR count). The first-order valence-corrected chi connectivity index (χ1v) is 11.8. The molecule has 2 aromatic carbocycles. The lowest BCUT2D eigenvalue weighted by Gasteiger charge is -2.12. The van der Waals surface area contributed by atoms with E-state index in [1.54, 1.807) is 23.8 Å². The van der Waals surface area contributed by atoms with Crippen LogP contribution in [0.4, 0.5) is 0 Å². The van der Waals surface area contributed by atoms with E-state index in [0.717, 1.165) is 16.6 Å². The third kappa shape index (κ3) is 3.34. The summed E-state index contributed by atoms with van der Waals surface area (Å²) < 4.78 is 10.8. The summed E-state index contributed by atoms with van der Waals surface area (Å²) in [4.78, 5) is 13.5. The predicted molar refractivity (Wildman–Crippen MR) is 134 cm³/mol. The third-order valence-electron chi connectivity index (χ3n) is 5.94. The van der Waals surface area contributed by atoms with Crippen molar-refractivity contribution in [2.75, 3.05) is 7.11 Å². The van der Waals surface area contributed by atoms with Gasteiger partial charge in [-0.15, -0.1) is 10.2 Å². The molecular formula is C26H18N6O2S. The molecule has 0 spiro atoms. The fourth-order valence-corrected chi connectivity index (χ4v) is 5.22. The summed E-state index contributed by atoms with van der Waals surface area (Å²) in [5.74, 6) is 1.57. The molecule has 0 aliphatic carbocycles. The van der Waals surface area contributed by atoms with Gasteiger partial charge in [0, 0.05) is 24.2 Å². The second-order valence-corrected chi connectivity index (χ2v) is 8.84. The van der Waals surface area contributed by atoms with Crippen molar-refractivity contribution in [3.8, 4) is 17.5 Å². The van der Waals surface area contributed by atoms with Crippen molar-refractivity contribution in [1.29, 1.82) is 5.26 Å². The van der Waals surface area contributed by atoms with Crippen LogP contribution in [0.3, 0.4) is 0 Å². The van der Waals surface area contributed by atoms with E-state index >= 15 is 0 Å². The Kier molecular flexibility index (Phi) is 5.01. The van der Waals surface area contributed by atoms with Crippen LogP contribution < -0.4 is 10.3 Å². The molecule has 0 unspecified atom stereocenters. The van der Waals surface area contributed by atoms with Gasteiger partial charge in [0.15, 0.2) is 5.16 Å². The summed E-state index contributed by atoms with van der Waals surface area (Å²) in [5, 5.41) is 19.8. The average Bonchev–Trinajstić information content (AvgIpc) is 3.48. The lowest BCUT2D eigenvalue weighted by Crippen LogP contribution is -2.21. The molecule has 6 aromatic rings. The van der Waals surface area contributed by atoms with Crippen LogP contribution >= 0.6 is 11.8 Å². The van der Waals surface area contributed by atoms with Crippen molar-refractivity contribution >= 4 is 34.0 Å². The lowest BCUT2D eigenvalue weighted by molar-refractivity contribution is 0.414. The number of aromatic nitrogens is 5. The standard InChI is InChI=1S/C26H18N6O2S/c1-34-19-8-6-7-18(13-19)31-24(33)20-9-2-3-11-23(20)32-25(31)28-29-26(32)35-16-17-15-30-12-5-4-10-22(30)21(17)14-27/h2-13,15H,16H2,1H3. The van der Waals surface area contributed by atoms with E-state index < -0.39 is 0 Å². The van der Waals surface area contributed by atoms with Crippen molar-refractivity contribution in [2.24, 2.45) is 0 Å². The van der Waals surface area contributed by atoms with Crippen LogP contribution in [-0.4, -0.2) is 30.7 Å². The number of nitriles is 1. The Bertz CT molecular complexity index is 1840. The van der Waals surface area contributed by atoms with E-state index in [0.29, 0.717) is 39.1 Å². The Balaban J connectivity index is 1.52. The van der Waals surface area contributed by atoms with E-state index in [1.165, 1.54) is 11.8 Å². The summed E-state index contributed by atoms with van der Waals surface area (Å²) in [7, 11) is 1.59. The van der Waals surface area contributed by atoms with Gasteiger partial charge in [0.25, 0.3) is 5.56 Å². The Hall–Kier alpha value is -4.55. The maximum Gasteiger partial charge on any atom is 0.267 e. The number of methoxy groups -OCH3 is 1. The molecule has 0 saturated heterocycles. The van der Waals surface area contributed by atoms with Gasteiger partial charge in [-0.25, -0.2) is 4.57 Å². The zero-order valence-corrected chi connectivity index (χ0v) is 19.4. The molecule has 0 fully saturated rings. The van der Waals surface area contributed by atoms with E-state index in [1.807, 2.05) is 75.8 Å². The second kappa shape index (κ2) is 8.34. The zero-order valence-electron chi connectivity index (χ0n) is 18.6. The Morgan fingerprint density at radius 1 is 1.03 bits per heavy atom. The van der Waals surface area contributed by atoms with Crippen molar-refractivity contribution in [3.05, 3.63) is 101 Å². The number of thioether (sulfide) groups is 1. The maximum absolute atomic E-state index is 13.5. The molecule has 0 bridgehead atoms. The summed E-state index contributed by atoms with van der Waals surface area (Å²) in [6, 6.07) is 22.8. The molecule has 0 aliphatic heterocycles. The SMILES string of the molecule is COc1cccc(-n2c(=O)c3ccccc3n3c(SCc4cn5ccccc5c4C#N)nnc23)c1. The average molecular weight is 479 g/mol. The van der Waals surface area contributed by atoms with Crippen LogP contribution in [0.5, 0.6) is 5.75 Å². The minimum absolute atomic E-state index is 0.184. The molecule has 4 aromatic heterocycles. The molecule has 0 aliphatic rings. The van der Waals surface area contributed by atoms with Gasteiger partial charge in [-0.05, 0) is 42.0 Å². The van der Waals surface area contributed by atoms with Gasteiger partial charge in [0.1, 0.15) is 11.8 Å². The van der Waals surface area contributed by atoms with E-state index in [4.69, 9.17) is 4.74 Å². The molecule has 8 nitrogen and oxygen atoms in total. The summed E-state index contributed by atoms with van der Waals surface area (Å²) in [6.45, 7) is 0. The second-order valence-electron chi connectivity index (χ2n) is 7.90. The molecular weight excluding hydrogens is 460 g/mol. The normalized spacial score (nSPS) is 11.3. The van der Waals surface area contributed by atoms with Gasteiger partial charge in [-0.2, -0.15) is 5.26 Å². The van der Waals surface area contributed by atoms with Crippen LogP contribution in [0.2, 0.25) is 0 Å². The molecule has 0 atom stereocenters. The third-order valence-corrected chi connectivity index (χ3v) is 6.91. The van der Waals surface area contributed by atoms with Gasteiger partial charge in [-0.3, -0.25) is 9.20 Å². The first-order valence-electron chi connectivity index (χ1n) is 10.8. The molecule has 170 valence electrons. The van der Waals surface area contributed by atoms with Crippen LogP contribution in [0.1, 0.15) is 11.1 Å². The zero-order chi connectivity index (χ0) is 23.9. The van der Waals surface area contributed by atoms with Crippen molar-refractivity contribution in [3.63, 3.8) is 0 Å². The number of ether oxygens (including phenoxy) is 1. The van der Waals surface area contributed by atoms with E-state index in [-0.39, 0.29) is 5.56 Å². The summed E-state index contributed by atoms with van der Waals surface area (Å²) in [5.41, 5.74) is 3.60. The van der Waals surface area contributed by atoms with Gasteiger partial charge in [-0.1, -0.05) is 36.0 Å². The molecule has 0 amide bonds. The highest BCUT2D eigenvalue weighted by atomic mass is 32.2. The van der Waals surface area contributed by atoms with Gasteiger partial charge >= 0.3 is 0 Å². The van der Waals surface area contributed by atoms with Gasteiger partial charge in [0.2, 0.25) is 5.78 Å². The fraction of sp³-hybridized carbons (Fsp3) is 0.0769. The minimum Gasteiger partial charge on any atom is -0.497 e. The summed E-state index contributed by atoms with van der Waals surface area (Å²) >= 11 is 1.47. The predicted octanol–water partition coefficient (Wildman–Crippen LogP) is 4.46. The molecule has 0 radical (unpaired) electrons. The number of nitrogens with zero attached hydrogens (tertiary/aromatic N) is 6. The highest BCUT2D eigenvalue weighted by Gasteiger charge is 2.19. The van der Waals surface area contributed by atoms with Gasteiger partial charge < -0.3 is 9.14 Å². The van der Waals surface area contributed by atoms with Crippen molar-refractivity contribution < 1.29 is 4.74 Å². The number of benzene rings is 2. The smallest absolute Gasteiger partial charge is 0.267 e. The quantitative estimate of drug-likeness (QED) is 0.340. The first-order chi connectivity index (χ1) is 17.2. The van der Waals surface area contributed by atoms with Crippen LogP contribution in [-0.2, 0) is 5.75 Å². The minimum atomic E-state index is -0.184. The summed E-state index contributed by atoms with van der Waals surface area (Å²) in [6.07, 6.45) is 3.89. The molecule has 4 heterocycles. The number of para-hydroxylation sites is 1. The Labute approximate surface area is 203 Å². The largest absolute Gasteiger partial charge is 0.497 e. The van der Waals surface area contributed by atoms with Crippen molar-refractivity contribution in [1.82, 2.24) is 23.6 Å². The number of pyridine rings is 1. The number of hydrogen-bond donors (Lipinski definition) is 0. The molecule has 0 N–H and O–H groups in total. The van der Waals surface area contributed by atoms with Crippen LogP contribution in [0.15, 0.2) is 89.1 Å². The molecule has 9 heteroatoms. The topological polar surface area (TPSA) is 89.6 Å².